The molecule has 2 aromatic rings. The van der Waals surface area contributed by atoms with Crippen LogP contribution in [0.1, 0.15) is 42.7 Å². The highest BCUT2D eigenvalue weighted by Gasteiger charge is 2.22. The fourth-order valence-corrected chi connectivity index (χ4v) is 3.04. The number of carbonyl (C=O) groups is 1. The van der Waals surface area contributed by atoms with Gasteiger partial charge in [-0.25, -0.2) is 0 Å². The van der Waals surface area contributed by atoms with E-state index in [4.69, 9.17) is 0 Å². The first-order valence-electron chi connectivity index (χ1n) is 9.29. The van der Waals surface area contributed by atoms with Gasteiger partial charge in [0.1, 0.15) is 0 Å². The molecule has 0 unspecified atom stereocenters. The molecule has 1 aromatic heterocycles. The van der Waals surface area contributed by atoms with Gasteiger partial charge < -0.3 is 15.1 Å². The number of nitrogens with one attached hydrogen (secondary N) is 1. The third-order valence-electron chi connectivity index (χ3n) is 4.84. The number of carbonyl (C=O) groups excluding carboxylic acids is 1. The van der Waals surface area contributed by atoms with Gasteiger partial charge in [-0.3, -0.25) is 4.79 Å². The number of amides is 1. The summed E-state index contributed by atoms with van der Waals surface area (Å²) in [5, 5.41) is 11.5. The van der Waals surface area contributed by atoms with Gasteiger partial charge in [0.2, 0.25) is 0 Å². The van der Waals surface area contributed by atoms with E-state index < -0.39 is 0 Å². The molecule has 1 saturated heterocycles. The Bertz CT molecular complexity index is 719. The number of piperazine rings is 1. The van der Waals surface area contributed by atoms with Crippen molar-refractivity contribution in [2.24, 2.45) is 0 Å². The Morgan fingerprint density at radius 3 is 2.27 bits per heavy atom. The number of nitrogens with zero attached hydrogens (tertiary/aromatic N) is 4. The minimum absolute atomic E-state index is 0.0407. The third-order valence-corrected chi connectivity index (χ3v) is 4.84. The normalized spacial score (nSPS) is 15.3. The van der Waals surface area contributed by atoms with Crippen molar-refractivity contribution in [3.63, 3.8) is 0 Å². The highest BCUT2D eigenvalue weighted by atomic mass is 16.2. The van der Waals surface area contributed by atoms with Crippen LogP contribution in [-0.4, -0.2) is 58.6 Å². The van der Waals surface area contributed by atoms with Gasteiger partial charge >= 0.3 is 0 Å². The number of hydrogen-bond donors (Lipinski definition) is 1. The molecular formula is C20H27N5O. The number of hydrogen-bond acceptors (Lipinski definition) is 5. The van der Waals surface area contributed by atoms with Crippen molar-refractivity contribution in [1.29, 1.82) is 0 Å². The van der Waals surface area contributed by atoms with Crippen LogP contribution in [0.25, 0.3) is 0 Å². The second-order valence-electron chi connectivity index (χ2n) is 6.93. The van der Waals surface area contributed by atoms with Crippen LogP contribution >= 0.6 is 0 Å². The minimum Gasteiger partial charge on any atom is -0.339 e. The molecule has 6 nitrogen and oxygen atoms in total. The number of benzene rings is 1. The van der Waals surface area contributed by atoms with Gasteiger partial charge in [-0.05, 0) is 42.3 Å². The molecule has 0 aliphatic carbocycles. The summed E-state index contributed by atoms with van der Waals surface area (Å²) in [6, 6.07) is 11.8. The maximum Gasteiger partial charge on any atom is 0.274 e. The van der Waals surface area contributed by atoms with E-state index in [2.05, 4.69) is 53.3 Å². The molecule has 0 spiro atoms. The van der Waals surface area contributed by atoms with Crippen LogP contribution in [0.5, 0.6) is 0 Å². The Labute approximate surface area is 155 Å². The summed E-state index contributed by atoms with van der Waals surface area (Å²) >= 11 is 0. The van der Waals surface area contributed by atoms with Crippen molar-refractivity contribution >= 4 is 17.4 Å². The van der Waals surface area contributed by atoms with E-state index in [0.717, 1.165) is 38.4 Å². The zero-order valence-corrected chi connectivity index (χ0v) is 15.8. The molecular weight excluding hydrogens is 326 g/mol. The van der Waals surface area contributed by atoms with Crippen LogP contribution in [0, 0.1) is 0 Å². The number of likely N-dealkylation sites (N-methyl/N-ethyl adjacent to an activating group) is 1. The van der Waals surface area contributed by atoms with Gasteiger partial charge in [0, 0.05) is 31.9 Å². The Morgan fingerprint density at radius 1 is 1.04 bits per heavy atom. The second kappa shape index (κ2) is 8.27. The van der Waals surface area contributed by atoms with Crippen molar-refractivity contribution in [2.45, 2.75) is 26.7 Å². The molecule has 0 bridgehead atoms. The lowest BCUT2D eigenvalue weighted by molar-refractivity contribution is 0.0636. The van der Waals surface area contributed by atoms with E-state index in [9.17, 15) is 4.79 Å². The van der Waals surface area contributed by atoms with Crippen LogP contribution in [0.3, 0.4) is 0 Å². The molecule has 1 N–H and O–H groups in total. The van der Waals surface area contributed by atoms with Gasteiger partial charge in [0.15, 0.2) is 11.5 Å². The SMILES string of the molecule is CCN1CCN(C(=O)c2ccc(Nc3ccc(C(C)C)cc3)nn2)CC1. The number of aromatic nitrogens is 2. The molecule has 0 saturated carbocycles. The lowest BCUT2D eigenvalue weighted by Crippen LogP contribution is -2.48. The summed E-state index contributed by atoms with van der Waals surface area (Å²) in [4.78, 5) is 16.7. The summed E-state index contributed by atoms with van der Waals surface area (Å²) in [5.74, 6) is 1.10. The molecule has 6 heteroatoms. The fourth-order valence-electron chi connectivity index (χ4n) is 3.04. The molecule has 0 atom stereocenters. The number of rotatable bonds is 5. The van der Waals surface area contributed by atoms with Crippen LogP contribution in [0.2, 0.25) is 0 Å². The summed E-state index contributed by atoms with van der Waals surface area (Å²) in [7, 11) is 0. The maximum atomic E-state index is 12.6. The van der Waals surface area contributed by atoms with Crippen molar-refractivity contribution in [3.05, 3.63) is 47.7 Å². The quantitative estimate of drug-likeness (QED) is 0.895. The summed E-state index contributed by atoms with van der Waals surface area (Å²) in [5.41, 5.74) is 2.65. The highest BCUT2D eigenvalue weighted by Crippen LogP contribution is 2.19. The highest BCUT2D eigenvalue weighted by molar-refractivity contribution is 5.92. The molecule has 0 radical (unpaired) electrons. The molecule has 3 rings (SSSR count). The van der Waals surface area contributed by atoms with E-state index in [-0.39, 0.29) is 5.91 Å². The molecule has 1 aliphatic rings. The lowest BCUT2D eigenvalue weighted by atomic mass is 10.0. The van der Waals surface area contributed by atoms with E-state index in [0.29, 0.717) is 17.4 Å². The van der Waals surface area contributed by atoms with Gasteiger partial charge in [-0.1, -0.05) is 32.9 Å². The average Bonchev–Trinajstić information content (AvgIpc) is 2.68. The fraction of sp³-hybridized carbons (Fsp3) is 0.450. The van der Waals surface area contributed by atoms with E-state index in [1.807, 2.05) is 17.0 Å². The Hall–Kier alpha value is -2.47. The van der Waals surface area contributed by atoms with E-state index >= 15 is 0 Å². The smallest absolute Gasteiger partial charge is 0.274 e. The lowest BCUT2D eigenvalue weighted by Gasteiger charge is -2.33. The van der Waals surface area contributed by atoms with Crippen molar-refractivity contribution in [1.82, 2.24) is 20.0 Å². The first-order valence-corrected chi connectivity index (χ1v) is 9.29. The van der Waals surface area contributed by atoms with Gasteiger partial charge in [0.25, 0.3) is 5.91 Å². The van der Waals surface area contributed by atoms with Gasteiger partial charge in [-0.2, -0.15) is 0 Å². The zero-order valence-electron chi connectivity index (χ0n) is 15.8. The Kier molecular flexibility index (Phi) is 5.83. The largest absolute Gasteiger partial charge is 0.339 e. The van der Waals surface area contributed by atoms with E-state index in [1.54, 1.807) is 12.1 Å². The minimum atomic E-state index is -0.0407. The Balaban J connectivity index is 1.60. The molecule has 1 amide bonds. The average molecular weight is 353 g/mol. The van der Waals surface area contributed by atoms with Gasteiger partial charge in [0.05, 0.1) is 0 Å². The molecule has 2 heterocycles. The molecule has 26 heavy (non-hydrogen) atoms. The molecule has 138 valence electrons. The predicted molar refractivity (Wildman–Crippen MR) is 104 cm³/mol. The molecule has 1 aromatic carbocycles. The van der Waals surface area contributed by atoms with Crippen molar-refractivity contribution in [3.8, 4) is 0 Å². The maximum absolute atomic E-state index is 12.6. The van der Waals surface area contributed by atoms with Crippen LogP contribution in [0.15, 0.2) is 36.4 Å². The number of anilines is 2. The predicted octanol–water partition coefficient (Wildman–Crippen LogP) is 3.12. The third kappa shape index (κ3) is 4.38. The first kappa shape index (κ1) is 18.3. The van der Waals surface area contributed by atoms with Crippen molar-refractivity contribution in [2.75, 3.05) is 38.0 Å². The van der Waals surface area contributed by atoms with Crippen molar-refractivity contribution < 1.29 is 4.79 Å². The standard InChI is InChI=1S/C20H27N5O/c1-4-24-11-13-25(14-12-24)20(26)18-9-10-19(23-22-18)21-17-7-5-16(6-8-17)15(2)3/h5-10,15H,4,11-14H2,1-3H3,(H,21,23). The van der Waals surface area contributed by atoms with E-state index in [1.165, 1.54) is 5.56 Å². The summed E-state index contributed by atoms with van der Waals surface area (Å²) < 4.78 is 0. The summed E-state index contributed by atoms with van der Waals surface area (Å²) in [6.45, 7) is 10.8. The Morgan fingerprint density at radius 2 is 1.73 bits per heavy atom. The monoisotopic (exact) mass is 353 g/mol. The zero-order chi connectivity index (χ0) is 18.5. The van der Waals surface area contributed by atoms with Crippen LogP contribution < -0.4 is 5.32 Å². The second-order valence-corrected chi connectivity index (χ2v) is 6.93. The van der Waals surface area contributed by atoms with Crippen LogP contribution in [0.4, 0.5) is 11.5 Å². The summed E-state index contributed by atoms with van der Waals surface area (Å²) in [6.07, 6.45) is 0. The van der Waals surface area contributed by atoms with Gasteiger partial charge in [-0.15, -0.1) is 10.2 Å². The molecule has 1 fully saturated rings. The first-order chi connectivity index (χ1) is 12.6. The molecule has 1 aliphatic heterocycles. The topological polar surface area (TPSA) is 61.4 Å². The van der Waals surface area contributed by atoms with Crippen LogP contribution in [-0.2, 0) is 0 Å².